The maximum atomic E-state index is 11.4. The number of carbonyl (C=O) groups excluding carboxylic acids is 2. The highest BCUT2D eigenvalue weighted by Gasteiger charge is 2.28. The summed E-state index contributed by atoms with van der Waals surface area (Å²) in [5.41, 5.74) is -0.645. The van der Waals surface area contributed by atoms with E-state index in [4.69, 9.17) is 11.6 Å². The predicted molar refractivity (Wildman–Crippen MR) is 50.8 cm³/mol. The van der Waals surface area contributed by atoms with Crippen molar-refractivity contribution in [1.82, 2.24) is 0 Å². The topological polar surface area (TPSA) is 43.4 Å². The number of Topliss-reactive ketones (excluding diaryl/α,β-unsaturated/α-hetero) is 1. The quantitative estimate of drug-likeness (QED) is 0.391. The summed E-state index contributed by atoms with van der Waals surface area (Å²) in [4.78, 5) is 22.3. The van der Waals surface area contributed by atoms with Crippen LogP contribution in [0.25, 0.3) is 0 Å². The van der Waals surface area contributed by atoms with Gasteiger partial charge in [-0.25, -0.2) is 0 Å². The molecule has 0 spiro atoms. The lowest BCUT2D eigenvalue weighted by atomic mass is 9.89. The van der Waals surface area contributed by atoms with Crippen molar-refractivity contribution >= 4 is 23.4 Å². The Bertz CT molecular complexity index is 199. The van der Waals surface area contributed by atoms with Crippen molar-refractivity contribution in [2.24, 2.45) is 5.41 Å². The van der Waals surface area contributed by atoms with Gasteiger partial charge in [-0.05, 0) is 6.92 Å². The Morgan fingerprint density at radius 2 is 1.92 bits per heavy atom. The number of carbonyl (C=O) groups is 2. The lowest BCUT2D eigenvalue weighted by Gasteiger charge is -2.18. The van der Waals surface area contributed by atoms with Crippen molar-refractivity contribution in [1.29, 1.82) is 0 Å². The zero-order chi connectivity index (χ0) is 10.5. The van der Waals surface area contributed by atoms with E-state index in [1.165, 1.54) is 0 Å². The van der Waals surface area contributed by atoms with Crippen LogP contribution in [0.4, 0.5) is 0 Å². The molecule has 13 heavy (non-hydrogen) atoms. The average Bonchev–Trinajstić information content (AvgIpc) is 2.04. The second kappa shape index (κ2) is 5.22. The Balaban J connectivity index is 4.07. The van der Waals surface area contributed by atoms with Crippen LogP contribution >= 0.6 is 11.6 Å². The van der Waals surface area contributed by atoms with Crippen molar-refractivity contribution in [3.63, 3.8) is 0 Å². The Hall–Kier alpha value is -0.570. The van der Waals surface area contributed by atoms with Crippen LogP contribution < -0.4 is 0 Å². The van der Waals surface area contributed by atoms with Crippen LogP contribution in [0.5, 0.6) is 0 Å². The van der Waals surface area contributed by atoms with Gasteiger partial charge in [0.15, 0.2) is 5.78 Å². The molecule has 0 aromatic heterocycles. The summed E-state index contributed by atoms with van der Waals surface area (Å²) in [5, 5.41) is 0. The molecule has 0 fully saturated rings. The summed E-state index contributed by atoms with van der Waals surface area (Å²) in [7, 11) is 0. The number of ketones is 1. The van der Waals surface area contributed by atoms with Gasteiger partial charge in [0, 0.05) is 11.3 Å². The molecule has 0 unspecified atom stereocenters. The fourth-order valence-corrected chi connectivity index (χ4v) is 0.806. The molecule has 0 amide bonds. The van der Waals surface area contributed by atoms with Gasteiger partial charge in [-0.1, -0.05) is 13.8 Å². The van der Waals surface area contributed by atoms with E-state index in [1.54, 1.807) is 20.8 Å². The Labute approximate surface area is 83.4 Å². The highest BCUT2D eigenvalue weighted by molar-refractivity contribution is 6.20. The molecule has 0 rings (SSSR count). The predicted octanol–water partition coefficient (Wildman–Crippen LogP) is 1.77. The SMILES string of the molecule is CCOC(=O)CC(=O)C(C)(C)CCl. The van der Waals surface area contributed by atoms with Gasteiger partial charge < -0.3 is 4.74 Å². The first-order valence-corrected chi connectivity index (χ1v) is 4.72. The fraction of sp³-hybridized carbons (Fsp3) is 0.778. The number of halogens is 1. The van der Waals surface area contributed by atoms with Crippen LogP contribution in [0.3, 0.4) is 0 Å². The molecule has 0 aromatic carbocycles. The largest absolute Gasteiger partial charge is 0.466 e. The minimum Gasteiger partial charge on any atom is -0.466 e. The minimum atomic E-state index is -0.645. The molecular formula is C9H15ClO3. The summed E-state index contributed by atoms with van der Waals surface area (Å²) in [6, 6.07) is 0. The second-order valence-electron chi connectivity index (χ2n) is 3.42. The van der Waals surface area contributed by atoms with Crippen LogP contribution in [-0.2, 0) is 14.3 Å². The van der Waals surface area contributed by atoms with E-state index in [9.17, 15) is 9.59 Å². The summed E-state index contributed by atoms with van der Waals surface area (Å²) in [5.74, 6) is -0.447. The third kappa shape index (κ3) is 4.27. The van der Waals surface area contributed by atoms with Crippen LogP contribution in [-0.4, -0.2) is 24.2 Å². The molecule has 0 saturated carbocycles. The van der Waals surface area contributed by atoms with Gasteiger partial charge in [-0.2, -0.15) is 0 Å². The van der Waals surface area contributed by atoms with Crippen LogP contribution in [0.15, 0.2) is 0 Å². The normalized spacial score (nSPS) is 11.1. The van der Waals surface area contributed by atoms with E-state index in [0.29, 0.717) is 6.61 Å². The number of hydrogen-bond donors (Lipinski definition) is 0. The summed E-state index contributed by atoms with van der Waals surface area (Å²) in [6.45, 7) is 5.42. The molecule has 0 aromatic rings. The molecule has 0 aliphatic heterocycles. The summed E-state index contributed by atoms with van der Waals surface area (Å²) >= 11 is 5.58. The molecular weight excluding hydrogens is 192 g/mol. The summed E-state index contributed by atoms with van der Waals surface area (Å²) in [6.07, 6.45) is -0.187. The molecule has 0 radical (unpaired) electrons. The molecule has 0 heterocycles. The number of rotatable bonds is 5. The van der Waals surface area contributed by atoms with E-state index in [0.717, 1.165) is 0 Å². The molecule has 3 nitrogen and oxygen atoms in total. The minimum absolute atomic E-state index is 0.180. The number of alkyl halides is 1. The molecule has 0 aliphatic rings. The monoisotopic (exact) mass is 206 g/mol. The van der Waals surface area contributed by atoms with Gasteiger partial charge >= 0.3 is 5.97 Å². The van der Waals surface area contributed by atoms with E-state index < -0.39 is 11.4 Å². The van der Waals surface area contributed by atoms with E-state index in [2.05, 4.69) is 4.74 Å². The third-order valence-corrected chi connectivity index (χ3v) is 2.37. The zero-order valence-electron chi connectivity index (χ0n) is 8.22. The first kappa shape index (κ1) is 12.4. The van der Waals surface area contributed by atoms with Crippen molar-refractivity contribution < 1.29 is 14.3 Å². The molecule has 0 N–H and O–H groups in total. The molecule has 4 heteroatoms. The maximum absolute atomic E-state index is 11.4. The van der Waals surface area contributed by atoms with Crippen LogP contribution in [0.1, 0.15) is 27.2 Å². The number of hydrogen-bond acceptors (Lipinski definition) is 3. The molecule has 76 valence electrons. The van der Waals surface area contributed by atoms with Crippen molar-refractivity contribution in [2.75, 3.05) is 12.5 Å². The van der Waals surface area contributed by atoms with E-state index in [-0.39, 0.29) is 18.1 Å². The van der Waals surface area contributed by atoms with Crippen molar-refractivity contribution in [3.05, 3.63) is 0 Å². The first-order chi connectivity index (χ1) is 5.94. The fourth-order valence-electron chi connectivity index (χ4n) is 0.657. The van der Waals surface area contributed by atoms with Crippen molar-refractivity contribution in [3.8, 4) is 0 Å². The smallest absolute Gasteiger partial charge is 0.313 e. The van der Waals surface area contributed by atoms with Gasteiger partial charge in [0.2, 0.25) is 0 Å². The highest BCUT2D eigenvalue weighted by Crippen LogP contribution is 2.20. The molecule has 0 bridgehead atoms. The highest BCUT2D eigenvalue weighted by atomic mass is 35.5. The van der Waals surface area contributed by atoms with Gasteiger partial charge in [0.05, 0.1) is 6.61 Å². The van der Waals surface area contributed by atoms with Crippen molar-refractivity contribution in [2.45, 2.75) is 27.2 Å². The van der Waals surface area contributed by atoms with E-state index >= 15 is 0 Å². The Kier molecular flexibility index (Phi) is 4.99. The first-order valence-electron chi connectivity index (χ1n) is 4.19. The average molecular weight is 207 g/mol. The number of esters is 1. The number of ether oxygens (including phenoxy) is 1. The van der Waals surface area contributed by atoms with Gasteiger partial charge in [0.25, 0.3) is 0 Å². The van der Waals surface area contributed by atoms with Gasteiger partial charge in [-0.15, -0.1) is 11.6 Å². The van der Waals surface area contributed by atoms with Crippen LogP contribution in [0.2, 0.25) is 0 Å². The lowest BCUT2D eigenvalue weighted by molar-refractivity contribution is -0.147. The Morgan fingerprint density at radius 3 is 2.31 bits per heavy atom. The standard InChI is InChI=1S/C9H15ClO3/c1-4-13-8(12)5-7(11)9(2,3)6-10/h4-6H2,1-3H3. The Morgan fingerprint density at radius 1 is 1.38 bits per heavy atom. The van der Waals surface area contributed by atoms with Gasteiger partial charge in [0.1, 0.15) is 6.42 Å². The van der Waals surface area contributed by atoms with Gasteiger partial charge in [-0.3, -0.25) is 9.59 Å². The zero-order valence-corrected chi connectivity index (χ0v) is 8.98. The van der Waals surface area contributed by atoms with Crippen LogP contribution in [0, 0.1) is 5.41 Å². The van der Waals surface area contributed by atoms with E-state index in [1.807, 2.05) is 0 Å². The maximum Gasteiger partial charge on any atom is 0.313 e. The molecule has 0 aliphatic carbocycles. The second-order valence-corrected chi connectivity index (χ2v) is 3.69. The third-order valence-electron chi connectivity index (χ3n) is 1.70. The molecule has 0 atom stereocenters. The molecule has 0 saturated heterocycles. The lowest BCUT2D eigenvalue weighted by Crippen LogP contribution is -2.28. The summed E-state index contributed by atoms with van der Waals surface area (Å²) < 4.78 is 4.65.